The molecule has 6 nitrogen and oxygen atoms in total. The summed E-state index contributed by atoms with van der Waals surface area (Å²) < 4.78 is 13.8. The van der Waals surface area contributed by atoms with Crippen LogP contribution in [0.4, 0.5) is 0 Å². The molecule has 0 radical (unpaired) electrons. The molecule has 0 atom stereocenters. The second kappa shape index (κ2) is 17.3. The number of hydrogen-bond donors (Lipinski definition) is 2. The zero-order valence-corrected chi connectivity index (χ0v) is 40.9. The van der Waals surface area contributed by atoms with Crippen LogP contribution in [0.1, 0.15) is 150 Å². The lowest BCUT2D eigenvalue weighted by atomic mass is 9.79. The lowest BCUT2D eigenvalue weighted by Crippen LogP contribution is -2.27. The molecule has 0 amide bonds. The molecule has 5 rings (SSSR count). The van der Waals surface area contributed by atoms with Gasteiger partial charge in [0, 0.05) is 53.9 Å². The van der Waals surface area contributed by atoms with Crippen LogP contribution in [0.3, 0.4) is 0 Å². The van der Waals surface area contributed by atoms with Gasteiger partial charge in [0.05, 0.1) is 0 Å². The number of benzene rings is 4. The Bertz CT molecular complexity index is 2120. The van der Waals surface area contributed by atoms with Crippen molar-refractivity contribution in [1.29, 1.82) is 0 Å². The molecule has 0 fully saturated rings. The van der Waals surface area contributed by atoms with Crippen LogP contribution >= 0.6 is 24.4 Å². The Morgan fingerprint density at radius 3 is 0.850 bits per heavy atom. The summed E-state index contributed by atoms with van der Waals surface area (Å²) >= 11 is 11.6. The summed E-state index contributed by atoms with van der Waals surface area (Å²) in [6, 6.07) is 17.6. The van der Waals surface area contributed by atoms with E-state index in [0.29, 0.717) is 35.7 Å². The molecule has 4 aromatic carbocycles. The van der Waals surface area contributed by atoms with E-state index in [1.165, 1.54) is 11.1 Å². The number of aromatic hydroxyl groups is 2. The fraction of sp³-hybridized carbons (Fsp3) is 0.500. The third-order valence-electron chi connectivity index (χ3n) is 11.7. The number of likely N-dealkylation sites (N-methyl/N-ethyl adjacent to an activating group) is 2. The molecule has 324 valence electrons. The Balaban J connectivity index is 1.97. The van der Waals surface area contributed by atoms with Crippen LogP contribution < -0.4 is 9.47 Å². The van der Waals surface area contributed by atoms with Crippen molar-refractivity contribution < 1.29 is 19.7 Å². The number of rotatable bonds is 6. The predicted molar refractivity (Wildman–Crippen MR) is 259 cm³/mol. The predicted octanol–water partition coefficient (Wildman–Crippen LogP) is 11.5. The highest BCUT2D eigenvalue weighted by molar-refractivity contribution is 7.80. The minimum atomic E-state index is -0.201. The van der Waals surface area contributed by atoms with Crippen molar-refractivity contribution in [2.24, 2.45) is 0 Å². The van der Waals surface area contributed by atoms with Gasteiger partial charge >= 0.3 is 0 Å². The van der Waals surface area contributed by atoms with Gasteiger partial charge in [-0.25, -0.2) is 0 Å². The maximum Gasteiger partial charge on any atom is 0.138 e. The van der Waals surface area contributed by atoms with E-state index in [-0.39, 0.29) is 46.4 Å². The van der Waals surface area contributed by atoms with E-state index in [4.69, 9.17) is 33.9 Å². The average Bonchev–Trinajstić information content (AvgIpc) is 3.11. The molecule has 60 heavy (non-hydrogen) atoms. The van der Waals surface area contributed by atoms with Crippen molar-refractivity contribution in [3.63, 3.8) is 0 Å². The summed E-state index contributed by atoms with van der Waals surface area (Å²) in [6.45, 7) is 27.1. The maximum absolute atomic E-state index is 12.4. The molecule has 0 heterocycles. The average molecular weight is 851 g/mol. The third-order valence-corrected chi connectivity index (χ3v) is 12.7. The first-order valence-corrected chi connectivity index (χ1v) is 22.0. The van der Waals surface area contributed by atoms with Gasteiger partial charge in [0.15, 0.2) is 0 Å². The number of phenolic OH excluding ortho intramolecular Hbond substituents is 2. The number of ether oxygens (including phenoxy) is 2. The van der Waals surface area contributed by atoms with Crippen LogP contribution in [0.25, 0.3) is 0 Å². The zero-order chi connectivity index (χ0) is 44.9. The highest BCUT2D eigenvalue weighted by Gasteiger charge is 2.29. The summed E-state index contributed by atoms with van der Waals surface area (Å²) in [5.74, 6) is 2.00. The molecule has 0 aliphatic heterocycles. The first-order valence-electron chi connectivity index (χ1n) is 21.2. The smallest absolute Gasteiger partial charge is 0.138 e. The van der Waals surface area contributed by atoms with E-state index >= 15 is 0 Å². The van der Waals surface area contributed by atoms with Gasteiger partial charge in [-0.3, -0.25) is 0 Å². The molecule has 8 bridgehead atoms. The number of thiocarbonyl (C=S) groups is 2. The molecule has 1 aliphatic rings. The Morgan fingerprint density at radius 1 is 0.433 bits per heavy atom. The molecule has 4 aromatic rings. The molecule has 0 saturated carbocycles. The zero-order valence-electron chi connectivity index (χ0n) is 39.3. The van der Waals surface area contributed by atoms with Crippen molar-refractivity contribution in [1.82, 2.24) is 9.80 Å². The van der Waals surface area contributed by atoms with Gasteiger partial charge in [0.25, 0.3) is 0 Å². The maximum atomic E-state index is 12.4. The number of phenols is 2. The van der Waals surface area contributed by atoms with Crippen molar-refractivity contribution in [2.45, 2.75) is 130 Å². The highest BCUT2D eigenvalue weighted by atomic mass is 32.1. The van der Waals surface area contributed by atoms with Crippen LogP contribution in [-0.4, -0.2) is 71.4 Å². The van der Waals surface area contributed by atoms with E-state index in [2.05, 4.69) is 132 Å². The highest BCUT2D eigenvalue weighted by Crippen LogP contribution is 2.44. The van der Waals surface area contributed by atoms with Crippen LogP contribution in [0.2, 0.25) is 0 Å². The fourth-order valence-electron chi connectivity index (χ4n) is 7.54. The van der Waals surface area contributed by atoms with Gasteiger partial charge in [0.2, 0.25) is 0 Å². The van der Waals surface area contributed by atoms with Crippen LogP contribution in [0.15, 0.2) is 48.5 Å². The van der Waals surface area contributed by atoms with Crippen LogP contribution in [0.5, 0.6) is 23.0 Å². The second-order valence-corrected chi connectivity index (χ2v) is 22.3. The summed E-state index contributed by atoms with van der Waals surface area (Å²) in [4.78, 5) is 5.19. The van der Waals surface area contributed by atoms with Crippen LogP contribution in [-0.2, 0) is 47.3 Å². The standard InChI is InChI=1S/C52H70N2O4S2/c1-49(2,3)39-21-31-17-32-22-40(50(4,5)6)24-34(46(32)56)19-36-26-42(52(10,11)12)28-38(48(36)58-30-44(60)54(15)16)20-37-27-41(51(7,8)9)25-35(18-33(23-39)45(31)55)47(37)57-29-43(59)53(13)14/h21-28,55-56H,17-20,29-30H2,1-16H3. The minimum Gasteiger partial charge on any atom is -0.507 e. The Hall–Kier alpha value is -4.14. The van der Waals surface area contributed by atoms with E-state index in [1.807, 2.05) is 38.0 Å². The van der Waals surface area contributed by atoms with Gasteiger partial charge in [-0.2, -0.15) is 0 Å². The molecule has 0 spiro atoms. The van der Waals surface area contributed by atoms with Gasteiger partial charge in [0.1, 0.15) is 46.2 Å². The molecular weight excluding hydrogens is 781 g/mol. The van der Waals surface area contributed by atoms with E-state index in [9.17, 15) is 10.2 Å². The minimum absolute atomic E-state index is 0.192. The topological polar surface area (TPSA) is 65.4 Å². The molecular formula is C52H70N2O4S2. The van der Waals surface area contributed by atoms with Gasteiger partial charge in [-0.15, -0.1) is 0 Å². The van der Waals surface area contributed by atoms with Gasteiger partial charge < -0.3 is 29.5 Å². The molecule has 0 aromatic heterocycles. The summed E-state index contributed by atoms with van der Waals surface area (Å²) in [5.41, 5.74) is 10.9. The quantitative estimate of drug-likeness (QED) is 0.164. The lowest BCUT2D eigenvalue weighted by molar-refractivity contribution is 0.352. The molecule has 2 N–H and O–H groups in total. The third kappa shape index (κ3) is 10.8. The normalized spacial score (nSPS) is 13.5. The Kier molecular flexibility index (Phi) is 13.5. The number of fused-ring (bicyclic) bond motifs is 8. The fourth-order valence-corrected chi connectivity index (χ4v) is 7.66. The molecule has 1 aliphatic carbocycles. The SMILES string of the molecule is CN(C)C(=S)COc1c2cc(C(C)(C)C)cc1Cc1cc(C(C)(C)C)cc(c1OCC(=S)N(C)C)Cc1cc(C(C)(C)C)cc(c1O)Cc1cc(C(C)(C)C)cc(c1O)C2. The number of nitrogens with zero attached hydrogens (tertiary/aromatic N) is 2. The van der Waals surface area contributed by atoms with Crippen LogP contribution in [0, 0.1) is 0 Å². The van der Waals surface area contributed by atoms with Crippen molar-refractivity contribution in [2.75, 3.05) is 41.4 Å². The Labute approximate surface area is 372 Å². The molecule has 0 saturated heterocycles. The van der Waals surface area contributed by atoms with E-state index < -0.39 is 0 Å². The molecule has 0 unspecified atom stereocenters. The van der Waals surface area contributed by atoms with E-state index in [0.717, 1.165) is 67.1 Å². The van der Waals surface area contributed by atoms with Crippen molar-refractivity contribution in [3.05, 3.63) is 115 Å². The summed E-state index contributed by atoms with van der Waals surface area (Å²) in [5, 5.41) is 24.7. The van der Waals surface area contributed by atoms with Crippen molar-refractivity contribution >= 4 is 34.4 Å². The lowest BCUT2D eigenvalue weighted by Gasteiger charge is -2.28. The summed E-state index contributed by atoms with van der Waals surface area (Å²) in [7, 11) is 7.77. The van der Waals surface area contributed by atoms with Gasteiger partial charge in [-0.1, -0.05) is 156 Å². The number of hydrogen-bond acceptors (Lipinski definition) is 6. The first-order chi connectivity index (χ1) is 27.5. The monoisotopic (exact) mass is 850 g/mol. The summed E-state index contributed by atoms with van der Waals surface area (Å²) in [6.07, 6.45) is 1.71. The molecule has 8 heteroatoms. The largest absolute Gasteiger partial charge is 0.507 e. The second-order valence-electron chi connectivity index (χ2n) is 21.4. The Morgan fingerprint density at radius 2 is 0.633 bits per heavy atom. The van der Waals surface area contributed by atoms with E-state index in [1.54, 1.807) is 0 Å². The first kappa shape index (κ1) is 46.9. The van der Waals surface area contributed by atoms with Crippen molar-refractivity contribution in [3.8, 4) is 23.0 Å². The van der Waals surface area contributed by atoms with Gasteiger partial charge in [-0.05, 0) is 88.4 Å².